The predicted octanol–water partition coefficient (Wildman–Crippen LogP) is 0.673. The largest absolute Gasteiger partial charge is 0.459 e. The first-order valence-electron chi connectivity index (χ1n) is 2.35. The average molecular weight is 260 g/mol. The summed E-state index contributed by atoms with van der Waals surface area (Å²) in [6.45, 7) is 0.692. The van der Waals surface area contributed by atoms with Crippen LogP contribution in [0.2, 0.25) is 0 Å². The number of hydrogen-bond acceptors (Lipinski definition) is 3. The first-order chi connectivity index (χ1) is 3.83. The first kappa shape index (κ1) is 9.23. The van der Waals surface area contributed by atoms with Crippen molar-refractivity contribution in [1.29, 1.82) is 0 Å². The van der Waals surface area contributed by atoms with Gasteiger partial charge in [0.1, 0.15) is 6.10 Å². The van der Waals surface area contributed by atoms with Crippen molar-refractivity contribution in [2.24, 2.45) is 10.7 Å². The third kappa shape index (κ3) is 2.53. The van der Waals surface area contributed by atoms with Crippen LogP contribution in [0.25, 0.3) is 0 Å². The van der Waals surface area contributed by atoms with Crippen LogP contribution in [0.1, 0.15) is 0 Å². The highest BCUT2D eigenvalue weighted by Gasteiger charge is 2.14. The monoisotopic (exact) mass is 258 g/mol. The number of ether oxygens (including phenoxy) is 1. The summed E-state index contributed by atoms with van der Waals surface area (Å²) in [7, 11) is 0. The molecule has 2 N–H and O–H groups in total. The molecule has 1 rings (SSSR count). The minimum atomic E-state index is 0. The van der Waals surface area contributed by atoms with Gasteiger partial charge in [0.05, 0.1) is 6.54 Å². The van der Waals surface area contributed by atoms with Crippen LogP contribution in [0, 0.1) is 0 Å². The van der Waals surface area contributed by atoms with Crippen molar-refractivity contribution in [3.63, 3.8) is 0 Å². The number of nitrogens with two attached hydrogens (primary N) is 1. The third-order valence-electron chi connectivity index (χ3n) is 0.910. The number of hydrogen-bond donors (Lipinski definition) is 1. The van der Waals surface area contributed by atoms with Gasteiger partial charge in [-0.15, -0.1) is 17.0 Å². The van der Waals surface area contributed by atoms with Crippen LogP contribution in [0.15, 0.2) is 4.99 Å². The first-order valence-corrected chi connectivity index (χ1v) is 3.47. The topological polar surface area (TPSA) is 47.6 Å². The van der Waals surface area contributed by atoms with Crippen molar-refractivity contribution in [1.82, 2.24) is 0 Å². The lowest BCUT2D eigenvalue weighted by Crippen LogP contribution is -2.18. The molecule has 1 unspecified atom stereocenters. The van der Waals surface area contributed by atoms with Gasteiger partial charge in [-0.1, -0.05) is 15.9 Å². The Kier molecular flexibility index (Phi) is 4.22. The van der Waals surface area contributed by atoms with Crippen LogP contribution in [-0.2, 0) is 4.74 Å². The van der Waals surface area contributed by atoms with Gasteiger partial charge in [0.25, 0.3) is 6.02 Å². The second-order valence-corrected chi connectivity index (χ2v) is 2.22. The van der Waals surface area contributed by atoms with Crippen LogP contribution in [0.3, 0.4) is 0 Å². The van der Waals surface area contributed by atoms with Gasteiger partial charge in [0.15, 0.2) is 0 Å². The summed E-state index contributed by atoms with van der Waals surface area (Å²) in [6.07, 6.45) is 0.162. The molecule has 0 radical (unpaired) electrons. The minimum Gasteiger partial charge on any atom is -0.459 e. The van der Waals surface area contributed by atoms with E-state index in [2.05, 4.69) is 20.9 Å². The SMILES string of the molecule is Br.NC1=NCC(CBr)O1. The van der Waals surface area contributed by atoms with Gasteiger partial charge in [-0.3, -0.25) is 0 Å². The predicted molar refractivity (Wildman–Crippen MR) is 45.5 cm³/mol. The summed E-state index contributed by atoms with van der Waals surface area (Å²) in [5, 5.41) is 0.803. The smallest absolute Gasteiger partial charge is 0.282 e. The highest BCUT2D eigenvalue weighted by atomic mass is 79.9. The van der Waals surface area contributed by atoms with Crippen LogP contribution >= 0.6 is 32.9 Å². The van der Waals surface area contributed by atoms with Gasteiger partial charge in [-0.25, -0.2) is 4.99 Å². The number of rotatable bonds is 1. The van der Waals surface area contributed by atoms with Gasteiger partial charge in [0, 0.05) is 5.33 Å². The fourth-order valence-electron chi connectivity index (χ4n) is 0.517. The standard InChI is InChI=1S/C4H7BrN2O.BrH/c5-1-3-2-7-4(6)8-3;/h3H,1-2H2,(H2,6,7);1H. The van der Waals surface area contributed by atoms with E-state index < -0.39 is 0 Å². The quantitative estimate of drug-likeness (QED) is 0.704. The molecule has 5 heteroatoms. The molecule has 9 heavy (non-hydrogen) atoms. The lowest BCUT2D eigenvalue weighted by atomic mass is 10.4. The Bertz CT molecular complexity index is 117. The molecule has 0 fully saturated rings. The fourth-order valence-corrected chi connectivity index (χ4v) is 0.854. The average Bonchev–Trinajstić information content (AvgIpc) is 2.14. The second-order valence-electron chi connectivity index (χ2n) is 1.57. The summed E-state index contributed by atoms with van der Waals surface area (Å²) in [5.41, 5.74) is 5.21. The summed E-state index contributed by atoms with van der Waals surface area (Å²) >= 11 is 3.25. The van der Waals surface area contributed by atoms with E-state index in [9.17, 15) is 0 Å². The van der Waals surface area contributed by atoms with Crippen LogP contribution in [0.4, 0.5) is 0 Å². The van der Waals surface area contributed by atoms with Crippen molar-refractivity contribution in [2.45, 2.75) is 6.10 Å². The van der Waals surface area contributed by atoms with Crippen LogP contribution in [0.5, 0.6) is 0 Å². The third-order valence-corrected chi connectivity index (χ3v) is 1.63. The Balaban J connectivity index is 0.000000640. The highest BCUT2D eigenvalue weighted by molar-refractivity contribution is 9.09. The van der Waals surface area contributed by atoms with Gasteiger partial charge >= 0.3 is 0 Å². The Hall–Kier alpha value is 0.230. The zero-order chi connectivity index (χ0) is 5.98. The summed E-state index contributed by atoms with van der Waals surface area (Å²) in [5.74, 6) is 0. The van der Waals surface area contributed by atoms with E-state index in [4.69, 9.17) is 10.5 Å². The molecule has 0 aliphatic carbocycles. The molecule has 0 saturated heterocycles. The highest BCUT2D eigenvalue weighted by Crippen LogP contribution is 2.03. The molecule has 1 aliphatic heterocycles. The maximum absolute atomic E-state index is 5.21. The summed E-state index contributed by atoms with van der Waals surface area (Å²) < 4.78 is 4.99. The van der Waals surface area contributed by atoms with Crippen LogP contribution < -0.4 is 5.73 Å². The van der Waals surface area contributed by atoms with E-state index in [1.54, 1.807) is 0 Å². The molecule has 0 aromatic heterocycles. The number of aliphatic imine (C=N–C) groups is 1. The fraction of sp³-hybridized carbons (Fsp3) is 0.750. The molecule has 3 nitrogen and oxygen atoms in total. The van der Waals surface area contributed by atoms with Crippen molar-refractivity contribution in [2.75, 3.05) is 11.9 Å². The molecule has 1 heterocycles. The molecule has 0 saturated carbocycles. The lowest BCUT2D eigenvalue weighted by molar-refractivity contribution is 0.248. The number of alkyl halides is 1. The van der Waals surface area contributed by atoms with E-state index >= 15 is 0 Å². The Labute approximate surface area is 72.6 Å². The Morgan fingerprint density at radius 2 is 2.56 bits per heavy atom. The van der Waals surface area contributed by atoms with E-state index in [1.807, 2.05) is 0 Å². The van der Waals surface area contributed by atoms with Gasteiger partial charge < -0.3 is 10.5 Å². The van der Waals surface area contributed by atoms with E-state index in [0.717, 1.165) is 5.33 Å². The zero-order valence-corrected chi connectivity index (χ0v) is 8.01. The molecule has 54 valence electrons. The Morgan fingerprint density at radius 3 is 2.78 bits per heavy atom. The minimum absolute atomic E-state index is 0. The number of nitrogens with zero attached hydrogens (tertiary/aromatic N) is 1. The zero-order valence-electron chi connectivity index (χ0n) is 4.71. The molecule has 0 bridgehead atoms. The molecule has 0 amide bonds. The maximum atomic E-state index is 5.21. The van der Waals surface area contributed by atoms with Gasteiger partial charge in [0.2, 0.25) is 0 Å². The number of amidine groups is 1. The number of halogens is 2. The summed E-state index contributed by atoms with van der Waals surface area (Å²) in [6, 6.07) is 0.314. The van der Waals surface area contributed by atoms with Gasteiger partial charge in [-0.05, 0) is 0 Å². The molecular formula is C4H8Br2N2O. The molecule has 1 atom stereocenters. The lowest BCUT2D eigenvalue weighted by Gasteiger charge is -2.02. The maximum Gasteiger partial charge on any atom is 0.282 e. The van der Waals surface area contributed by atoms with Gasteiger partial charge in [-0.2, -0.15) is 0 Å². The molecule has 0 aromatic rings. The molecule has 0 aromatic carbocycles. The molecule has 0 spiro atoms. The van der Waals surface area contributed by atoms with E-state index in [-0.39, 0.29) is 23.1 Å². The second kappa shape index (κ2) is 4.11. The van der Waals surface area contributed by atoms with E-state index in [0.29, 0.717) is 12.6 Å². The molecule has 1 aliphatic rings. The van der Waals surface area contributed by atoms with Crippen molar-refractivity contribution in [3.05, 3.63) is 0 Å². The van der Waals surface area contributed by atoms with Crippen LogP contribution in [-0.4, -0.2) is 24.0 Å². The normalized spacial score (nSPS) is 24.1. The van der Waals surface area contributed by atoms with Crippen molar-refractivity contribution in [3.8, 4) is 0 Å². The summed E-state index contributed by atoms with van der Waals surface area (Å²) in [4.78, 5) is 3.83. The van der Waals surface area contributed by atoms with Crippen molar-refractivity contribution < 1.29 is 4.74 Å². The van der Waals surface area contributed by atoms with E-state index in [1.165, 1.54) is 0 Å². The van der Waals surface area contributed by atoms with Crippen molar-refractivity contribution >= 4 is 38.9 Å². The Morgan fingerprint density at radius 1 is 1.89 bits per heavy atom. The molecular weight excluding hydrogens is 252 g/mol.